The third kappa shape index (κ3) is 3.51. The lowest BCUT2D eigenvalue weighted by Crippen LogP contribution is -2.37. The molecule has 1 unspecified atom stereocenters. The maximum atomic E-state index is 13.0. The molecular weight excluding hydrogens is 390 g/mol. The Hall–Kier alpha value is -2.79. The molecule has 1 aliphatic carbocycles. The third-order valence-electron chi connectivity index (χ3n) is 5.75. The topological polar surface area (TPSA) is 66.8 Å². The van der Waals surface area contributed by atoms with E-state index in [1.807, 2.05) is 12.1 Å². The van der Waals surface area contributed by atoms with Gasteiger partial charge in [0.05, 0.1) is 18.7 Å². The molecule has 5 nitrogen and oxygen atoms in total. The zero-order valence-electron chi connectivity index (χ0n) is 16.1. The lowest BCUT2D eigenvalue weighted by molar-refractivity contribution is -0.141. The highest BCUT2D eigenvalue weighted by molar-refractivity contribution is 6.46. The van der Waals surface area contributed by atoms with Gasteiger partial charge in [-0.15, -0.1) is 0 Å². The second kappa shape index (κ2) is 7.91. The van der Waals surface area contributed by atoms with Gasteiger partial charge in [0.1, 0.15) is 11.5 Å². The number of hydrogen-bond donors (Lipinski definition) is 1. The number of likely N-dealkylation sites (tertiary alicyclic amines) is 1. The summed E-state index contributed by atoms with van der Waals surface area (Å²) in [5.41, 5.74) is 1.35. The fourth-order valence-electron chi connectivity index (χ4n) is 4.29. The lowest BCUT2D eigenvalue weighted by atomic mass is 9.94. The summed E-state index contributed by atoms with van der Waals surface area (Å²) in [5.74, 6) is -0.691. The molecule has 0 aromatic heterocycles. The highest BCUT2D eigenvalue weighted by atomic mass is 35.5. The van der Waals surface area contributed by atoms with Gasteiger partial charge in [-0.3, -0.25) is 9.59 Å². The number of halogens is 1. The van der Waals surface area contributed by atoms with Gasteiger partial charge in [0.25, 0.3) is 11.7 Å². The molecule has 4 rings (SSSR count). The SMILES string of the molecule is COc1ccc(C2/C(=C(/O)c3ccc(Cl)cc3)C(=O)C(=O)N2C2CCCC2)cc1. The largest absolute Gasteiger partial charge is 0.507 e. The molecule has 1 atom stereocenters. The molecule has 2 aliphatic rings. The molecule has 0 spiro atoms. The number of aliphatic hydroxyl groups excluding tert-OH is 1. The monoisotopic (exact) mass is 411 g/mol. The Labute approximate surface area is 174 Å². The van der Waals surface area contributed by atoms with Crippen LogP contribution in [0.1, 0.15) is 42.9 Å². The van der Waals surface area contributed by atoms with Crippen molar-refractivity contribution >= 4 is 29.1 Å². The molecule has 1 saturated heterocycles. The number of benzene rings is 2. The van der Waals surface area contributed by atoms with Crippen LogP contribution in [0, 0.1) is 0 Å². The van der Waals surface area contributed by atoms with Crippen molar-refractivity contribution in [1.29, 1.82) is 0 Å². The molecule has 1 aliphatic heterocycles. The minimum Gasteiger partial charge on any atom is -0.507 e. The van der Waals surface area contributed by atoms with Crippen molar-refractivity contribution < 1.29 is 19.4 Å². The van der Waals surface area contributed by atoms with Gasteiger partial charge in [0, 0.05) is 16.6 Å². The third-order valence-corrected chi connectivity index (χ3v) is 6.00. The van der Waals surface area contributed by atoms with Crippen molar-refractivity contribution in [3.8, 4) is 5.75 Å². The minimum absolute atomic E-state index is 0.00549. The molecule has 0 bridgehead atoms. The van der Waals surface area contributed by atoms with Gasteiger partial charge < -0.3 is 14.7 Å². The van der Waals surface area contributed by atoms with Crippen LogP contribution in [0.3, 0.4) is 0 Å². The summed E-state index contributed by atoms with van der Waals surface area (Å²) in [6, 6.07) is 13.2. The van der Waals surface area contributed by atoms with Crippen LogP contribution in [0.25, 0.3) is 5.76 Å². The van der Waals surface area contributed by atoms with Crippen LogP contribution in [-0.2, 0) is 9.59 Å². The number of nitrogens with zero attached hydrogens (tertiary/aromatic N) is 1. The number of hydrogen-bond acceptors (Lipinski definition) is 4. The average Bonchev–Trinajstić information content (AvgIpc) is 3.35. The van der Waals surface area contributed by atoms with Gasteiger partial charge in [0.15, 0.2) is 0 Å². The molecule has 1 saturated carbocycles. The fraction of sp³-hybridized carbons (Fsp3) is 0.304. The average molecular weight is 412 g/mol. The van der Waals surface area contributed by atoms with E-state index in [0.717, 1.165) is 31.2 Å². The first kappa shape index (κ1) is 19.5. The molecule has 6 heteroatoms. The predicted molar refractivity (Wildman–Crippen MR) is 111 cm³/mol. The summed E-state index contributed by atoms with van der Waals surface area (Å²) >= 11 is 5.95. The first-order valence-corrected chi connectivity index (χ1v) is 10.1. The highest BCUT2D eigenvalue weighted by Crippen LogP contribution is 2.43. The van der Waals surface area contributed by atoms with E-state index < -0.39 is 17.7 Å². The van der Waals surface area contributed by atoms with Gasteiger partial charge in [-0.25, -0.2) is 0 Å². The standard InChI is InChI=1S/C23H22ClNO4/c1-29-18-12-8-14(9-13-18)20-19(21(26)15-6-10-16(24)11-7-15)22(27)23(28)25(20)17-4-2-3-5-17/h6-13,17,20,26H,2-5H2,1H3/b21-19-. The molecule has 2 aromatic rings. The van der Waals surface area contributed by atoms with Gasteiger partial charge in [0.2, 0.25) is 0 Å². The number of methoxy groups -OCH3 is 1. The van der Waals surface area contributed by atoms with Crippen molar-refractivity contribution in [2.45, 2.75) is 37.8 Å². The summed E-state index contributed by atoms with van der Waals surface area (Å²) in [4.78, 5) is 27.7. The Morgan fingerprint density at radius 1 is 1.03 bits per heavy atom. The van der Waals surface area contributed by atoms with Crippen molar-refractivity contribution in [2.24, 2.45) is 0 Å². The second-order valence-electron chi connectivity index (χ2n) is 7.42. The van der Waals surface area contributed by atoms with E-state index in [4.69, 9.17) is 16.3 Å². The van der Waals surface area contributed by atoms with Crippen LogP contribution in [0.2, 0.25) is 5.02 Å². The van der Waals surface area contributed by atoms with Crippen LogP contribution in [-0.4, -0.2) is 34.8 Å². The number of carbonyl (C=O) groups excluding carboxylic acids is 2. The number of Topliss-reactive ketones (excluding diaryl/α,β-unsaturated/α-hetero) is 1. The number of rotatable bonds is 4. The van der Waals surface area contributed by atoms with E-state index >= 15 is 0 Å². The van der Waals surface area contributed by atoms with E-state index in [-0.39, 0.29) is 17.4 Å². The Kier molecular flexibility index (Phi) is 5.33. The molecule has 2 fully saturated rings. The molecule has 0 radical (unpaired) electrons. The van der Waals surface area contributed by atoms with Crippen molar-refractivity contribution in [1.82, 2.24) is 4.90 Å². The zero-order valence-corrected chi connectivity index (χ0v) is 16.9. The van der Waals surface area contributed by atoms with Crippen LogP contribution in [0.4, 0.5) is 0 Å². The Morgan fingerprint density at radius 2 is 1.66 bits per heavy atom. The zero-order chi connectivity index (χ0) is 20.5. The summed E-state index contributed by atoms with van der Waals surface area (Å²) < 4.78 is 5.23. The Morgan fingerprint density at radius 3 is 2.24 bits per heavy atom. The molecule has 1 heterocycles. The molecule has 29 heavy (non-hydrogen) atoms. The molecule has 1 N–H and O–H groups in total. The number of carbonyl (C=O) groups is 2. The maximum absolute atomic E-state index is 13.0. The summed E-state index contributed by atoms with van der Waals surface area (Å²) in [6.07, 6.45) is 3.78. The van der Waals surface area contributed by atoms with Crippen LogP contribution in [0.5, 0.6) is 5.75 Å². The van der Waals surface area contributed by atoms with Gasteiger partial charge in [-0.05, 0) is 54.8 Å². The van der Waals surface area contributed by atoms with E-state index in [0.29, 0.717) is 16.3 Å². The van der Waals surface area contributed by atoms with E-state index in [1.165, 1.54) is 0 Å². The number of ketones is 1. The first-order chi connectivity index (χ1) is 14.0. The number of ether oxygens (including phenoxy) is 1. The molecule has 2 aromatic carbocycles. The van der Waals surface area contributed by atoms with Crippen LogP contribution in [0.15, 0.2) is 54.1 Å². The maximum Gasteiger partial charge on any atom is 0.295 e. The van der Waals surface area contributed by atoms with Gasteiger partial charge in [-0.1, -0.05) is 36.6 Å². The van der Waals surface area contributed by atoms with E-state index in [1.54, 1.807) is 48.4 Å². The van der Waals surface area contributed by atoms with E-state index in [2.05, 4.69) is 0 Å². The van der Waals surface area contributed by atoms with Crippen LogP contribution < -0.4 is 4.74 Å². The predicted octanol–water partition coefficient (Wildman–Crippen LogP) is 4.71. The summed E-state index contributed by atoms with van der Waals surface area (Å²) in [7, 11) is 1.58. The highest BCUT2D eigenvalue weighted by Gasteiger charge is 2.49. The molecule has 1 amide bonds. The Balaban J connectivity index is 1.86. The minimum atomic E-state index is -0.648. The molecular formula is C23H22ClNO4. The van der Waals surface area contributed by atoms with Crippen molar-refractivity contribution in [2.75, 3.05) is 7.11 Å². The Bertz CT molecular complexity index is 959. The number of amides is 1. The quantitative estimate of drug-likeness (QED) is 0.449. The lowest BCUT2D eigenvalue weighted by Gasteiger charge is -2.30. The normalized spacial score (nSPS) is 21.7. The van der Waals surface area contributed by atoms with Gasteiger partial charge >= 0.3 is 0 Å². The summed E-state index contributed by atoms with van der Waals surface area (Å²) in [5, 5.41) is 11.5. The van der Waals surface area contributed by atoms with Gasteiger partial charge in [-0.2, -0.15) is 0 Å². The smallest absolute Gasteiger partial charge is 0.295 e. The number of aliphatic hydroxyl groups is 1. The van der Waals surface area contributed by atoms with E-state index in [9.17, 15) is 14.7 Å². The van der Waals surface area contributed by atoms with Crippen LogP contribution >= 0.6 is 11.6 Å². The van der Waals surface area contributed by atoms with Crippen molar-refractivity contribution in [3.63, 3.8) is 0 Å². The first-order valence-electron chi connectivity index (χ1n) is 9.71. The second-order valence-corrected chi connectivity index (χ2v) is 7.86. The van der Waals surface area contributed by atoms with Crippen molar-refractivity contribution in [3.05, 3.63) is 70.3 Å². The summed E-state index contributed by atoms with van der Waals surface area (Å²) in [6.45, 7) is 0. The fourth-order valence-corrected chi connectivity index (χ4v) is 4.41. The molecule has 150 valence electrons.